The van der Waals surface area contributed by atoms with Crippen molar-refractivity contribution in [2.45, 2.75) is 55.9 Å². The van der Waals surface area contributed by atoms with Gasteiger partial charge in [0.15, 0.2) is 6.10 Å². The first-order chi connectivity index (χ1) is 11.9. The Morgan fingerprint density at radius 1 is 1.16 bits per heavy atom. The van der Waals surface area contributed by atoms with E-state index in [1.807, 2.05) is 30.3 Å². The highest BCUT2D eigenvalue weighted by molar-refractivity contribution is 9.10. The van der Waals surface area contributed by atoms with Crippen molar-refractivity contribution in [3.8, 4) is 0 Å². The van der Waals surface area contributed by atoms with E-state index in [1.54, 1.807) is 6.92 Å². The Labute approximate surface area is 156 Å². The average Bonchev–Trinajstić information content (AvgIpc) is 2.53. The summed E-state index contributed by atoms with van der Waals surface area (Å²) in [6.07, 6.45) is 5.48. The molecule has 4 nitrogen and oxygen atoms in total. The van der Waals surface area contributed by atoms with E-state index < -0.39 is 11.5 Å². The summed E-state index contributed by atoms with van der Waals surface area (Å²) in [6.45, 7) is 1.65. The molecule has 4 aliphatic rings. The molecule has 1 amide bonds. The van der Waals surface area contributed by atoms with Crippen LogP contribution in [0, 0.1) is 17.3 Å². The van der Waals surface area contributed by atoms with Crippen molar-refractivity contribution in [2.24, 2.45) is 17.3 Å². The minimum absolute atomic E-state index is 0.103. The van der Waals surface area contributed by atoms with Crippen LogP contribution in [0.1, 0.15) is 45.4 Å². The minimum atomic E-state index is -0.785. The lowest BCUT2D eigenvalue weighted by Gasteiger charge is -2.58. The van der Waals surface area contributed by atoms with Gasteiger partial charge >= 0.3 is 5.97 Å². The molecule has 0 aromatic heterocycles. The number of alkyl halides is 1. The molecule has 4 bridgehead atoms. The number of carbonyl (C=O) groups is 2. The molecule has 25 heavy (non-hydrogen) atoms. The van der Waals surface area contributed by atoms with Crippen molar-refractivity contribution in [3.05, 3.63) is 30.3 Å². The van der Waals surface area contributed by atoms with Gasteiger partial charge in [0.05, 0.1) is 5.41 Å². The standard InChI is InChI=1S/C20H24BrNO3/c1-13(17(23)22-16-5-3-2-4-6-16)25-18(24)19-8-14-7-15(9-19)11-20(21,10-14)12-19/h2-6,13-15H,7-12H2,1H3,(H,22,23). The monoisotopic (exact) mass is 405 g/mol. The zero-order valence-corrected chi connectivity index (χ0v) is 16.1. The third-order valence-corrected chi connectivity index (χ3v) is 7.04. The summed E-state index contributed by atoms with van der Waals surface area (Å²) in [6, 6.07) is 9.25. The number of amides is 1. The molecule has 5 rings (SSSR count). The number of carbonyl (C=O) groups excluding carboxylic acids is 2. The number of hydrogen-bond donors (Lipinski definition) is 1. The van der Waals surface area contributed by atoms with E-state index in [1.165, 1.54) is 19.3 Å². The second-order valence-corrected chi connectivity index (χ2v) is 9.98. The topological polar surface area (TPSA) is 55.4 Å². The van der Waals surface area contributed by atoms with Gasteiger partial charge in [0.2, 0.25) is 0 Å². The van der Waals surface area contributed by atoms with Gasteiger partial charge in [-0.2, -0.15) is 0 Å². The molecule has 0 aliphatic heterocycles. The van der Waals surface area contributed by atoms with E-state index in [-0.39, 0.29) is 16.2 Å². The Morgan fingerprint density at radius 2 is 1.80 bits per heavy atom. The number of benzene rings is 1. The first-order valence-electron chi connectivity index (χ1n) is 9.13. The fraction of sp³-hybridized carbons (Fsp3) is 0.600. The lowest BCUT2D eigenvalue weighted by atomic mass is 9.49. The van der Waals surface area contributed by atoms with E-state index in [9.17, 15) is 9.59 Å². The van der Waals surface area contributed by atoms with Crippen molar-refractivity contribution >= 4 is 33.5 Å². The van der Waals surface area contributed by atoms with E-state index in [4.69, 9.17) is 4.74 Å². The summed E-state index contributed by atoms with van der Waals surface area (Å²) in [5, 5.41) is 2.80. The van der Waals surface area contributed by atoms with E-state index in [0.717, 1.165) is 19.3 Å². The summed E-state index contributed by atoms with van der Waals surface area (Å²) < 4.78 is 5.75. The molecule has 0 heterocycles. The quantitative estimate of drug-likeness (QED) is 0.600. The summed E-state index contributed by atoms with van der Waals surface area (Å²) in [5.41, 5.74) is 0.319. The number of ether oxygens (including phenoxy) is 1. The molecule has 4 aliphatic carbocycles. The van der Waals surface area contributed by atoms with Crippen LogP contribution in [-0.2, 0) is 14.3 Å². The molecule has 1 N–H and O–H groups in total. The number of esters is 1. The first-order valence-corrected chi connectivity index (χ1v) is 9.93. The smallest absolute Gasteiger partial charge is 0.312 e. The normalized spacial score (nSPS) is 36.7. The fourth-order valence-electron chi connectivity index (χ4n) is 5.49. The molecule has 5 heteroatoms. The Bertz CT molecular complexity index is 675. The summed E-state index contributed by atoms with van der Waals surface area (Å²) >= 11 is 3.91. The minimum Gasteiger partial charge on any atom is -0.452 e. The van der Waals surface area contributed by atoms with E-state index in [0.29, 0.717) is 17.5 Å². The third kappa shape index (κ3) is 3.23. The number of hydrogen-bond acceptors (Lipinski definition) is 3. The van der Waals surface area contributed by atoms with Crippen molar-refractivity contribution < 1.29 is 14.3 Å². The molecule has 1 aromatic rings. The molecule has 0 radical (unpaired) electrons. The SMILES string of the molecule is CC(OC(=O)C12CC3CC(CC(Br)(C3)C1)C2)C(=O)Nc1ccccc1. The van der Waals surface area contributed by atoms with Gasteiger partial charge in [0.1, 0.15) is 0 Å². The van der Waals surface area contributed by atoms with Gasteiger partial charge in [-0.25, -0.2) is 0 Å². The van der Waals surface area contributed by atoms with Crippen LogP contribution in [0.4, 0.5) is 5.69 Å². The van der Waals surface area contributed by atoms with Gasteiger partial charge in [0, 0.05) is 10.0 Å². The highest BCUT2D eigenvalue weighted by atomic mass is 79.9. The molecule has 134 valence electrons. The lowest BCUT2D eigenvalue weighted by Crippen LogP contribution is -2.56. The highest BCUT2D eigenvalue weighted by Gasteiger charge is 2.60. The predicted octanol–water partition coefficient (Wildman–Crippen LogP) is 4.29. The Balaban J connectivity index is 1.42. The van der Waals surface area contributed by atoms with Crippen molar-refractivity contribution in [2.75, 3.05) is 5.32 Å². The van der Waals surface area contributed by atoms with Gasteiger partial charge in [-0.1, -0.05) is 34.1 Å². The second kappa shape index (κ2) is 6.11. The summed E-state index contributed by atoms with van der Waals surface area (Å²) in [7, 11) is 0. The van der Waals surface area contributed by atoms with Gasteiger partial charge in [0.25, 0.3) is 5.91 Å². The van der Waals surface area contributed by atoms with Crippen molar-refractivity contribution in [1.82, 2.24) is 0 Å². The molecule has 4 fully saturated rings. The number of para-hydroxylation sites is 1. The molecule has 0 spiro atoms. The number of halogens is 1. The summed E-state index contributed by atoms with van der Waals surface area (Å²) in [4.78, 5) is 25.3. The molecule has 3 atom stereocenters. The van der Waals surface area contributed by atoms with Crippen LogP contribution in [-0.4, -0.2) is 22.3 Å². The van der Waals surface area contributed by atoms with Crippen LogP contribution in [0.5, 0.6) is 0 Å². The summed E-state index contributed by atoms with van der Waals surface area (Å²) in [5.74, 6) is 0.766. The maximum atomic E-state index is 13.0. The van der Waals surface area contributed by atoms with Crippen LogP contribution in [0.25, 0.3) is 0 Å². The van der Waals surface area contributed by atoms with Gasteiger partial charge < -0.3 is 10.1 Å². The maximum Gasteiger partial charge on any atom is 0.312 e. The first kappa shape index (κ1) is 17.1. The van der Waals surface area contributed by atoms with E-state index >= 15 is 0 Å². The predicted molar refractivity (Wildman–Crippen MR) is 99.4 cm³/mol. The molecular formula is C20H24BrNO3. The number of rotatable bonds is 4. The van der Waals surface area contributed by atoms with Crippen molar-refractivity contribution in [3.63, 3.8) is 0 Å². The zero-order chi connectivity index (χ0) is 17.7. The van der Waals surface area contributed by atoms with Crippen LogP contribution in [0.15, 0.2) is 30.3 Å². The molecule has 4 saturated carbocycles. The number of anilines is 1. The number of nitrogens with one attached hydrogen (secondary N) is 1. The Kier molecular flexibility index (Phi) is 4.18. The molecule has 0 saturated heterocycles. The third-order valence-electron chi connectivity index (χ3n) is 6.12. The van der Waals surface area contributed by atoms with Crippen LogP contribution < -0.4 is 5.32 Å². The second-order valence-electron chi connectivity index (χ2n) is 8.30. The van der Waals surface area contributed by atoms with Crippen LogP contribution >= 0.6 is 15.9 Å². The Morgan fingerprint density at radius 3 is 2.40 bits per heavy atom. The fourth-order valence-corrected chi connectivity index (χ4v) is 6.95. The van der Waals surface area contributed by atoms with E-state index in [2.05, 4.69) is 21.2 Å². The van der Waals surface area contributed by atoms with Crippen LogP contribution in [0.3, 0.4) is 0 Å². The van der Waals surface area contributed by atoms with Gasteiger partial charge in [-0.15, -0.1) is 0 Å². The van der Waals surface area contributed by atoms with Gasteiger partial charge in [-0.3, -0.25) is 9.59 Å². The molecular weight excluding hydrogens is 382 g/mol. The van der Waals surface area contributed by atoms with Crippen molar-refractivity contribution in [1.29, 1.82) is 0 Å². The van der Waals surface area contributed by atoms with Crippen LogP contribution in [0.2, 0.25) is 0 Å². The molecule has 1 aromatic carbocycles. The van der Waals surface area contributed by atoms with Gasteiger partial charge in [-0.05, 0) is 69.4 Å². The zero-order valence-electron chi connectivity index (χ0n) is 14.5. The highest BCUT2D eigenvalue weighted by Crippen LogP contribution is 2.64. The molecule has 3 unspecified atom stereocenters. The average molecular weight is 406 g/mol. The maximum absolute atomic E-state index is 13.0. The lowest BCUT2D eigenvalue weighted by molar-refractivity contribution is -0.175. The Hall–Kier alpha value is -1.36. The largest absolute Gasteiger partial charge is 0.452 e.